The van der Waals surface area contributed by atoms with Crippen LogP contribution in [0.1, 0.15) is 29.4 Å². The lowest BCUT2D eigenvalue weighted by Crippen LogP contribution is -2.41. The Balaban J connectivity index is 2.03. The molecule has 1 aromatic carbocycles. The van der Waals surface area contributed by atoms with Crippen molar-refractivity contribution in [3.8, 4) is 0 Å². The second kappa shape index (κ2) is 7.08. The average molecular weight is 386 g/mol. The molecule has 22 heavy (non-hydrogen) atoms. The van der Waals surface area contributed by atoms with Gasteiger partial charge in [-0.05, 0) is 46.1 Å². The minimum absolute atomic E-state index is 0.0975. The largest absolute Gasteiger partial charge is 0.356 e. The van der Waals surface area contributed by atoms with E-state index < -0.39 is 15.9 Å². The van der Waals surface area contributed by atoms with E-state index in [-0.39, 0.29) is 10.6 Å². The second-order valence-electron chi connectivity index (χ2n) is 4.69. The fourth-order valence-corrected chi connectivity index (χ4v) is 3.05. The summed E-state index contributed by atoms with van der Waals surface area (Å²) in [5, 5.41) is 0. The van der Waals surface area contributed by atoms with Crippen molar-refractivity contribution in [2.24, 2.45) is 0 Å². The molecule has 0 saturated carbocycles. The Morgan fingerprint density at radius 3 is 2.50 bits per heavy atom. The summed E-state index contributed by atoms with van der Waals surface area (Å²) in [6.07, 6.45) is 3.47. The topological polar surface area (TPSA) is 91.1 Å². The number of sulfonamides is 1. The molecule has 0 unspecified atom stereocenters. The van der Waals surface area contributed by atoms with E-state index in [0.29, 0.717) is 4.47 Å². The summed E-state index contributed by atoms with van der Waals surface area (Å²) >= 11 is 3.20. The molecule has 3 N–H and O–H groups in total. The van der Waals surface area contributed by atoms with Crippen molar-refractivity contribution in [3.05, 3.63) is 52.3 Å². The van der Waals surface area contributed by atoms with Crippen LogP contribution in [0.3, 0.4) is 0 Å². The van der Waals surface area contributed by atoms with E-state index in [0.717, 1.165) is 18.4 Å². The fourth-order valence-electron chi connectivity index (χ4n) is 1.86. The molecule has 0 saturated heterocycles. The van der Waals surface area contributed by atoms with Crippen LogP contribution in [-0.2, 0) is 16.4 Å². The molecule has 0 radical (unpaired) electrons. The first-order valence-electron chi connectivity index (χ1n) is 6.67. The van der Waals surface area contributed by atoms with Gasteiger partial charge in [-0.3, -0.25) is 10.2 Å². The quantitative estimate of drug-likeness (QED) is 0.666. The molecule has 2 rings (SSSR count). The first-order valence-corrected chi connectivity index (χ1v) is 8.95. The molecule has 118 valence electrons. The summed E-state index contributed by atoms with van der Waals surface area (Å²) < 4.78 is 24.9. The predicted molar refractivity (Wildman–Crippen MR) is 86.7 cm³/mol. The summed E-state index contributed by atoms with van der Waals surface area (Å²) in [5.74, 6) is -0.572. The van der Waals surface area contributed by atoms with E-state index in [1.807, 2.05) is 0 Å². The van der Waals surface area contributed by atoms with Gasteiger partial charge in [0.25, 0.3) is 15.9 Å². The number of H-pyrrole nitrogens is 1. The summed E-state index contributed by atoms with van der Waals surface area (Å²) in [5.41, 5.74) is 3.48. The van der Waals surface area contributed by atoms with Crippen molar-refractivity contribution in [2.45, 2.75) is 24.7 Å². The van der Waals surface area contributed by atoms with Gasteiger partial charge >= 0.3 is 0 Å². The van der Waals surface area contributed by atoms with Gasteiger partial charge in [0.15, 0.2) is 0 Å². The number of aromatic amines is 1. The second-order valence-corrected chi connectivity index (χ2v) is 7.28. The highest BCUT2D eigenvalue weighted by molar-refractivity contribution is 9.10. The zero-order valence-electron chi connectivity index (χ0n) is 11.9. The summed E-state index contributed by atoms with van der Waals surface area (Å²) in [4.78, 5) is 16.7. The van der Waals surface area contributed by atoms with E-state index >= 15 is 0 Å². The molecule has 0 aliphatic carbocycles. The zero-order valence-corrected chi connectivity index (χ0v) is 14.3. The lowest BCUT2D eigenvalue weighted by atomic mass is 10.1. The summed E-state index contributed by atoms with van der Waals surface area (Å²) in [7, 11) is -3.80. The molecule has 0 aliphatic heterocycles. The molecular weight excluding hydrogens is 370 g/mol. The van der Waals surface area contributed by atoms with Gasteiger partial charge in [0.2, 0.25) is 0 Å². The fraction of sp³-hybridized carbons (Fsp3) is 0.214. The summed E-state index contributed by atoms with van der Waals surface area (Å²) in [6, 6.07) is 8.11. The number of nitrogens with one attached hydrogen (secondary N) is 3. The number of hydrogen-bond donors (Lipinski definition) is 3. The monoisotopic (exact) mass is 385 g/mol. The minimum atomic E-state index is -3.80. The van der Waals surface area contributed by atoms with Crippen molar-refractivity contribution < 1.29 is 13.2 Å². The average Bonchev–Trinajstić information content (AvgIpc) is 2.92. The molecule has 0 bridgehead atoms. The van der Waals surface area contributed by atoms with Gasteiger partial charge in [0, 0.05) is 10.7 Å². The molecule has 0 spiro atoms. The minimum Gasteiger partial charge on any atom is -0.356 e. The van der Waals surface area contributed by atoms with Gasteiger partial charge in [-0.15, -0.1) is 4.83 Å². The molecule has 0 atom stereocenters. The Morgan fingerprint density at radius 2 is 1.95 bits per heavy atom. The van der Waals surface area contributed by atoms with Crippen molar-refractivity contribution in [1.82, 2.24) is 15.2 Å². The molecule has 1 aromatic heterocycles. The van der Waals surface area contributed by atoms with Gasteiger partial charge in [0.05, 0.1) is 4.90 Å². The number of amides is 1. The van der Waals surface area contributed by atoms with Crippen LogP contribution >= 0.6 is 15.9 Å². The number of rotatable bonds is 6. The predicted octanol–water partition coefficient (Wildman–Crippen LogP) is 2.35. The maximum Gasteiger partial charge on any atom is 0.282 e. The number of aromatic nitrogens is 1. The molecular formula is C14H16BrN3O3S. The van der Waals surface area contributed by atoms with Gasteiger partial charge in [-0.25, -0.2) is 8.42 Å². The molecule has 0 fully saturated rings. The SMILES string of the molecule is CCCc1ccc(S(=O)(=O)NNC(=O)c2cc(Br)c[nH]2)cc1. The number of halogens is 1. The van der Waals surface area contributed by atoms with Crippen molar-refractivity contribution >= 4 is 31.9 Å². The third-order valence-electron chi connectivity index (χ3n) is 2.96. The zero-order chi connectivity index (χ0) is 16.2. The van der Waals surface area contributed by atoms with Crippen LogP contribution in [0.25, 0.3) is 0 Å². The van der Waals surface area contributed by atoms with Crippen LogP contribution in [0.2, 0.25) is 0 Å². The van der Waals surface area contributed by atoms with Crippen LogP contribution in [0, 0.1) is 0 Å². The highest BCUT2D eigenvalue weighted by Crippen LogP contribution is 2.12. The normalized spacial score (nSPS) is 11.4. The Bertz CT molecular complexity index is 754. The third kappa shape index (κ3) is 4.19. The highest BCUT2D eigenvalue weighted by Gasteiger charge is 2.16. The third-order valence-corrected chi connectivity index (χ3v) is 4.69. The molecule has 0 aliphatic rings. The van der Waals surface area contributed by atoms with Crippen LogP contribution in [0.4, 0.5) is 0 Å². The van der Waals surface area contributed by atoms with Gasteiger partial charge < -0.3 is 4.98 Å². The Labute approximate surface area is 137 Å². The van der Waals surface area contributed by atoms with Crippen molar-refractivity contribution in [3.63, 3.8) is 0 Å². The molecule has 2 aromatic rings. The number of hydrazine groups is 1. The van der Waals surface area contributed by atoms with E-state index in [9.17, 15) is 13.2 Å². The maximum atomic E-state index is 12.1. The Morgan fingerprint density at radius 1 is 1.27 bits per heavy atom. The van der Waals surface area contributed by atoms with Crippen LogP contribution in [0.15, 0.2) is 45.9 Å². The molecule has 6 nitrogen and oxygen atoms in total. The maximum absolute atomic E-state index is 12.1. The van der Waals surface area contributed by atoms with E-state index in [2.05, 4.69) is 38.1 Å². The molecule has 1 heterocycles. The molecule has 1 amide bonds. The summed E-state index contributed by atoms with van der Waals surface area (Å²) in [6.45, 7) is 2.06. The Kier molecular flexibility index (Phi) is 5.38. The van der Waals surface area contributed by atoms with Gasteiger partial charge in [-0.1, -0.05) is 25.5 Å². The van der Waals surface area contributed by atoms with E-state index in [1.54, 1.807) is 24.4 Å². The van der Waals surface area contributed by atoms with E-state index in [4.69, 9.17) is 0 Å². The van der Waals surface area contributed by atoms with E-state index in [1.165, 1.54) is 12.1 Å². The molecule has 8 heteroatoms. The number of carbonyl (C=O) groups excluding carboxylic acids is 1. The number of carbonyl (C=O) groups is 1. The van der Waals surface area contributed by atoms with Gasteiger partial charge in [0.1, 0.15) is 5.69 Å². The number of hydrogen-bond acceptors (Lipinski definition) is 3. The lowest BCUT2D eigenvalue weighted by molar-refractivity contribution is 0.0940. The lowest BCUT2D eigenvalue weighted by Gasteiger charge is -2.08. The van der Waals surface area contributed by atoms with Crippen molar-refractivity contribution in [1.29, 1.82) is 0 Å². The van der Waals surface area contributed by atoms with Gasteiger partial charge in [-0.2, -0.15) is 0 Å². The van der Waals surface area contributed by atoms with Crippen molar-refractivity contribution in [2.75, 3.05) is 0 Å². The Hall–Kier alpha value is -1.64. The first kappa shape index (κ1) is 16.7. The smallest absolute Gasteiger partial charge is 0.282 e. The highest BCUT2D eigenvalue weighted by atomic mass is 79.9. The van der Waals surface area contributed by atoms with Crippen LogP contribution in [-0.4, -0.2) is 19.3 Å². The number of aryl methyl sites for hydroxylation is 1. The first-order chi connectivity index (χ1) is 10.4. The standard InChI is InChI=1S/C14H16BrN3O3S/c1-2-3-10-4-6-12(7-5-10)22(20,21)18-17-14(19)13-8-11(15)9-16-13/h4-9,16,18H,2-3H2,1H3,(H,17,19). The van der Waals surface area contributed by atoms with Crippen LogP contribution in [0.5, 0.6) is 0 Å². The number of benzene rings is 1. The van der Waals surface area contributed by atoms with Crippen LogP contribution < -0.4 is 10.3 Å².